The van der Waals surface area contributed by atoms with Crippen molar-refractivity contribution < 1.29 is 17.6 Å². The van der Waals surface area contributed by atoms with Crippen LogP contribution < -0.4 is 4.72 Å². The first-order valence-corrected chi connectivity index (χ1v) is 12.6. The zero-order chi connectivity index (χ0) is 21.1. The second-order valence-corrected chi connectivity index (χ2v) is 10.3. The van der Waals surface area contributed by atoms with Crippen LogP contribution in [-0.4, -0.2) is 42.3 Å². The van der Waals surface area contributed by atoms with Gasteiger partial charge in [-0.1, -0.05) is 12.1 Å². The predicted octanol–water partition coefficient (Wildman–Crippen LogP) is 4.01. The van der Waals surface area contributed by atoms with Gasteiger partial charge in [0.2, 0.25) is 0 Å². The van der Waals surface area contributed by atoms with Crippen molar-refractivity contribution in [2.24, 2.45) is 0 Å². The smallest absolute Gasteiger partial charge is 0.263 e. The van der Waals surface area contributed by atoms with E-state index < -0.39 is 10.0 Å². The van der Waals surface area contributed by atoms with Gasteiger partial charge in [0.25, 0.3) is 15.9 Å². The number of benzene rings is 2. The van der Waals surface area contributed by atoms with Crippen molar-refractivity contribution in [1.29, 1.82) is 0 Å². The molecule has 2 heterocycles. The lowest BCUT2D eigenvalue weighted by molar-refractivity contribution is 0.0701. The van der Waals surface area contributed by atoms with Gasteiger partial charge in [0.15, 0.2) is 5.13 Å². The molecule has 1 N–H and O–H groups in total. The van der Waals surface area contributed by atoms with Crippen LogP contribution in [0.5, 0.6) is 0 Å². The van der Waals surface area contributed by atoms with E-state index in [1.807, 2.05) is 0 Å². The van der Waals surface area contributed by atoms with E-state index in [1.165, 1.54) is 53.9 Å². The van der Waals surface area contributed by atoms with Crippen molar-refractivity contribution in [3.8, 4) is 0 Å². The number of carbonyl (C=O) groups excluding carboxylic acids is 1. The fourth-order valence-corrected chi connectivity index (χ4v) is 6.07. The van der Waals surface area contributed by atoms with Crippen LogP contribution in [0.3, 0.4) is 0 Å². The summed E-state index contributed by atoms with van der Waals surface area (Å²) in [4.78, 5) is 18.9. The van der Waals surface area contributed by atoms with E-state index in [0.29, 0.717) is 12.1 Å². The Kier molecular flexibility index (Phi) is 6.07. The van der Waals surface area contributed by atoms with Gasteiger partial charge in [-0.15, -0.1) is 11.3 Å². The van der Waals surface area contributed by atoms with Gasteiger partial charge in [-0.3, -0.25) is 9.52 Å². The third kappa shape index (κ3) is 4.50. The Labute approximate surface area is 182 Å². The number of nitrogens with one attached hydrogen (secondary N) is 1. The fraction of sp³-hybridized carbons (Fsp3) is 0.200. The molecule has 4 rings (SSSR count). The van der Waals surface area contributed by atoms with Crippen LogP contribution in [0.25, 0.3) is 0 Å². The number of sulfonamides is 1. The second kappa shape index (κ2) is 8.75. The Morgan fingerprint density at radius 3 is 2.53 bits per heavy atom. The third-order valence-electron chi connectivity index (χ3n) is 4.71. The summed E-state index contributed by atoms with van der Waals surface area (Å²) in [7, 11) is -3.77. The van der Waals surface area contributed by atoms with Crippen LogP contribution in [0.2, 0.25) is 0 Å². The highest BCUT2D eigenvalue weighted by Gasteiger charge is 2.29. The van der Waals surface area contributed by atoms with E-state index in [1.54, 1.807) is 34.2 Å². The lowest BCUT2D eigenvalue weighted by Crippen LogP contribution is -2.40. The molecule has 1 saturated heterocycles. The van der Waals surface area contributed by atoms with Crippen molar-refractivity contribution in [1.82, 2.24) is 9.88 Å². The topological polar surface area (TPSA) is 79.4 Å². The predicted molar refractivity (Wildman–Crippen MR) is 117 cm³/mol. The molecule has 1 aliphatic heterocycles. The van der Waals surface area contributed by atoms with E-state index >= 15 is 0 Å². The quantitative estimate of drug-likeness (QED) is 0.618. The molecule has 30 heavy (non-hydrogen) atoms. The van der Waals surface area contributed by atoms with E-state index in [-0.39, 0.29) is 27.8 Å². The molecule has 0 radical (unpaired) electrons. The first-order valence-electron chi connectivity index (χ1n) is 9.10. The van der Waals surface area contributed by atoms with E-state index in [4.69, 9.17) is 0 Å². The molecular weight excluding hydrogens is 445 g/mol. The van der Waals surface area contributed by atoms with Crippen molar-refractivity contribution in [2.75, 3.05) is 22.8 Å². The third-order valence-corrected chi connectivity index (χ3v) is 7.90. The largest absolute Gasteiger partial charge is 0.330 e. The molecule has 0 saturated carbocycles. The van der Waals surface area contributed by atoms with Crippen LogP contribution in [0.15, 0.2) is 65.0 Å². The summed E-state index contributed by atoms with van der Waals surface area (Å²) >= 11 is 2.93. The summed E-state index contributed by atoms with van der Waals surface area (Å²) < 4.78 is 40.6. The van der Waals surface area contributed by atoms with Crippen LogP contribution in [0, 0.1) is 5.82 Å². The summed E-state index contributed by atoms with van der Waals surface area (Å²) in [6.45, 7) is 0.567. The lowest BCUT2D eigenvalue weighted by atomic mass is 10.0. The minimum absolute atomic E-state index is 0.0542. The number of thiazole rings is 1. The zero-order valence-corrected chi connectivity index (χ0v) is 18.1. The number of aromatic nitrogens is 1. The molecule has 0 aliphatic carbocycles. The molecule has 6 nitrogen and oxygen atoms in total. The average molecular weight is 464 g/mol. The monoisotopic (exact) mass is 463 g/mol. The summed E-state index contributed by atoms with van der Waals surface area (Å²) in [6, 6.07) is 11.9. The van der Waals surface area contributed by atoms with Crippen LogP contribution >= 0.6 is 23.1 Å². The Balaban J connectivity index is 1.54. The maximum absolute atomic E-state index is 13.3. The van der Waals surface area contributed by atoms with E-state index in [0.717, 1.165) is 17.1 Å². The number of thioether (sulfide) groups is 1. The molecule has 10 heteroatoms. The van der Waals surface area contributed by atoms with Crippen LogP contribution in [0.1, 0.15) is 22.0 Å². The van der Waals surface area contributed by atoms with Crippen molar-refractivity contribution >= 4 is 44.2 Å². The van der Waals surface area contributed by atoms with Crippen LogP contribution in [-0.2, 0) is 10.0 Å². The number of amides is 1. The maximum Gasteiger partial charge on any atom is 0.263 e. The molecule has 1 amide bonds. The van der Waals surface area contributed by atoms with Gasteiger partial charge < -0.3 is 4.90 Å². The normalized spacial score (nSPS) is 17.0. The number of nitrogens with zero attached hydrogens (tertiary/aromatic N) is 2. The van der Waals surface area contributed by atoms with Gasteiger partial charge >= 0.3 is 0 Å². The first kappa shape index (κ1) is 20.8. The Morgan fingerprint density at radius 2 is 1.87 bits per heavy atom. The molecule has 0 bridgehead atoms. The number of hydrogen-bond acceptors (Lipinski definition) is 6. The van der Waals surface area contributed by atoms with Gasteiger partial charge in [-0.05, 0) is 42.0 Å². The minimum atomic E-state index is -3.77. The second-order valence-electron chi connectivity index (χ2n) is 6.61. The SMILES string of the molecule is O=C(c1ccc(S(=O)(=O)Nc2nccs2)cc1)N1CCSCC1c1ccc(F)cc1. The highest BCUT2D eigenvalue weighted by Crippen LogP contribution is 2.31. The summed E-state index contributed by atoms with van der Waals surface area (Å²) in [5, 5.41) is 1.96. The molecule has 156 valence electrons. The first-order chi connectivity index (χ1) is 14.4. The molecule has 1 atom stereocenters. The summed E-state index contributed by atoms with van der Waals surface area (Å²) in [5.41, 5.74) is 1.28. The highest BCUT2D eigenvalue weighted by atomic mass is 32.2. The molecule has 2 aromatic carbocycles. The Hall–Kier alpha value is -2.43. The van der Waals surface area contributed by atoms with Crippen molar-refractivity contribution in [2.45, 2.75) is 10.9 Å². The van der Waals surface area contributed by atoms with Crippen molar-refractivity contribution in [3.05, 3.63) is 77.1 Å². The molecule has 3 aromatic rings. The zero-order valence-electron chi connectivity index (χ0n) is 15.7. The van der Waals surface area contributed by atoms with Crippen molar-refractivity contribution in [3.63, 3.8) is 0 Å². The number of anilines is 1. The van der Waals surface area contributed by atoms with E-state index in [2.05, 4.69) is 9.71 Å². The Morgan fingerprint density at radius 1 is 1.13 bits per heavy atom. The Bertz CT molecular complexity index is 1120. The number of carbonyl (C=O) groups is 1. The van der Waals surface area contributed by atoms with E-state index in [9.17, 15) is 17.6 Å². The standard InChI is InChI=1S/C20H18FN3O3S3/c21-16-5-1-14(2-6-16)18-13-28-12-10-24(18)19(25)15-3-7-17(8-4-15)30(26,27)23-20-22-9-11-29-20/h1-9,11,18H,10,12-13H2,(H,22,23). The van der Waals surface area contributed by atoms with Gasteiger partial charge in [-0.25, -0.2) is 17.8 Å². The van der Waals surface area contributed by atoms with Gasteiger partial charge in [0.05, 0.1) is 10.9 Å². The molecule has 1 unspecified atom stereocenters. The van der Waals surface area contributed by atoms with Crippen LogP contribution in [0.4, 0.5) is 9.52 Å². The number of halogens is 1. The maximum atomic E-state index is 13.3. The molecule has 1 fully saturated rings. The lowest BCUT2D eigenvalue weighted by Gasteiger charge is -2.36. The average Bonchev–Trinajstić information content (AvgIpc) is 3.26. The molecule has 1 aromatic heterocycles. The van der Waals surface area contributed by atoms with Gasteiger partial charge in [-0.2, -0.15) is 11.8 Å². The van der Waals surface area contributed by atoms with Gasteiger partial charge in [0.1, 0.15) is 5.82 Å². The minimum Gasteiger partial charge on any atom is -0.330 e. The number of hydrogen-bond donors (Lipinski definition) is 1. The molecule has 0 spiro atoms. The molecule has 1 aliphatic rings. The summed E-state index contributed by atoms with van der Waals surface area (Å²) in [6.07, 6.45) is 1.51. The highest BCUT2D eigenvalue weighted by molar-refractivity contribution is 7.99. The molecular formula is C20H18FN3O3S3. The summed E-state index contributed by atoms with van der Waals surface area (Å²) in [5.74, 6) is 1.04. The number of rotatable bonds is 5. The van der Waals surface area contributed by atoms with Gasteiger partial charge in [0, 0.05) is 35.2 Å². The fourth-order valence-electron chi connectivity index (χ4n) is 3.20.